The van der Waals surface area contributed by atoms with Crippen LogP contribution in [0.3, 0.4) is 0 Å². The highest BCUT2D eigenvalue weighted by Gasteiger charge is 2.41. The van der Waals surface area contributed by atoms with Crippen molar-refractivity contribution in [1.82, 2.24) is 14.5 Å². The first-order valence-corrected chi connectivity index (χ1v) is 16.3. The molecule has 11 nitrogen and oxygen atoms in total. The van der Waals surface area contributed by atoms with E-state index in [1.165, 1.54) is 37.4 Å². The summed E-state index contributed by atoms with van der Waals surface area (Å²) in [6, 6.07) is 11.3. The van der Waals surface area contributed by atoms with Crippen LogP contribution in [-0.2, 0) is 21.4 Å². The van der Waals surface area contributed by atoms with Crippen molar-refractivity contribution in [1.29, 1.82) is 0 Å². The maximum Gasteiger partial charge on any atom is 0.269 e. The van der Waals surface area contributed by atoms with Crippen LogP contribution in [0.15, 0.2) is 53.4 Å². The number of β-amino-alcohol motifs (C(OH)–C–C–N with tert-alkyl or cyclic N) is 1. The predicted molar refractivity (Wildman–Crippen MR) is 163 cm³/mol. The molecule has 0 spiro atoms. The number of likely N-dealkylation sites (tertiary alicyclic amines) is 1. The number of nitrogens with zero attached hydrogens (tertiary/aromatic N) is 3. The lowest BCUT2D eigenvalue weighted by molar-refractivity contribution is -0.384. The highest BCUT2D eigenvalue weighted by Crippen LogP contribution is 2.39. The molecule has 2 fully saturated rings. The van der Waals surface area contributed by atoms with Gasteiger partial charge in [0, 0.05) is 43.9 Å². The summed E-state index contributed by atoms with van der Waals surface area (Å²) < 4.78 is 34.0. The third-order valence-electron chi connectivity index (χ3n) is 8.34. The fourth-order valence-corrected chi connectivity index (χ4v) is 7.77. The summed E-state index contributed by atoms with van der Waals surface area (Å²) in [5.74, 6) is 1.31. The number of nitro groups is 1. The van der Waals surface area contributed by atoms with Gasteiger partial charge in [-0.25, -0.2) is 8.42 Å². The maximum absolute atomic E-state index is 13.9. The van der Waals surface area contributed by atoms with Gasteiger partial charge in [-0.1, -0.05) is 31.4 Å². The van der Waals surface area contributed by atoms with Crippen molar-refractivity contribution in [3.05, 3.63) is 64.2 Å². The van der Waals surface area contributed by atoms with Crippen molar-refractivity contribution in [3.63, 3.8) is 0 Å². The molecule has 1 saturated heterocycles. The van der Waals surface area contributed by atoms with Crippen LogP contribution in [0.2, 0.25) is 0 Å². The van der Waals surface area contributed by atoms with Gasteiger partial charge >= 0.3 is 0 Å². The number of hydrogen-bond donors (Lipinski definition) is 2. The Morgan fingerprint density at radius 1 is 1.16 bits per heavy atom. The summed E-state index contributed by atoms with van der Waals surface area (Å²) in [6.07, 6.45) is 4.08. The van der Waals surface area contributed by atoms with E-state index in [2.05, 4.69) is 5.32 Å². The van der Waals surface area contributed by atoms with E-state index < -0.39 is 32.6 Å². The Morgan fingerprint density at radius 2 is 1.84 bits per heavy atom. The van der Waals surface area contributed by atoms with Crippen LogP contribution < -0.4 is 10.1 Å². The molecule has 1 aliphatic heterocycles. The number of rotatable bonds is 11. The highest BCUT2D eigenvalue weighted by atomic mass is 32.2. The van der Waals surface area contributed by atoms with Crippen molar-refractivity contribution in [3.8, 4) is 5.75 Å². The Labute approximate surface area is 254 Å². The number of non-ortho nitro benzene ring substituents is 1. The van der Waals surface area contributed by atoms with Crippen LogP contribution in [0.1, 0.15) is 58.4 Å². The Kier molecular flexibility index (Phi) is 10.5. The third kappa shape index (κ3) is 8.53. The first kappa shape index (κ1) is 32.8. The number of nitrogens with one attached hydrogen (secondary N) is 1. The minimum Gasteiger partial charge on any atom is -0.497 e. The SMILES string of the molecule is COc1ccc(S(=O)(=O)N(Cc2cccc([N+](=O)[O-])c2)C[C@H](O)CN2C[C@H]3CCCC[C@H]3C[C@H]2C(=O)NC(C)(C)C)cc1. The van der Waals surface area contributed by atoms with Gasteiger partial charge in [-0.15, -0.1) is 0 Å². The van der Waals surface area contributed by atoms with E-state index in [0.29, 0.717) is 36.1 Å². The highest BCUT2D eigenvalue weighted by molar-refractivity contribution is 7.89. The van der Waals surface area contributed by atoms with Gasteiger partial charge < -0.3 is 15.2 Å². The molecular weight excluding hydrogens is 572 g/mol. The zero-order chi connectivity index (χ0) is 31.4. The molecule has 0 radical (unpaired) electrons. The summed E-state index contributed by atoms with van der Waals surface area (Å²) in [5, 5.41) is 25.9. The molecule has 1 aliphatic carbocycles. The van der Waals surface area contributed by atoms with Crippen molar-refractivity contribution in [2.75, 3.05) is 26.7 Å². The number of fused-ring (bicyclic) bond motifs is 1. The van der Waals surface area contributed by atoms with E-state index in [-0.39, 0.29) is 36.1 Å². The predicted octanol–water partition coefficient (Wildman–Crippen LogP) is 3.95. The molecule has 43 heavy (non-hydrogen) atoms. The van der Waals surface area contributed by atoms with Gasteiger partial charge in [-0.2, -0.15) is 4.31 Å². The van der Waals surface area contributed by atoms with Gasteiger partial charge in [0.2, 0.25) is 15.9 Å². The Hall–Kier alpha value is -3.06. The van der Waals surface area contributed by atoms with Gasteiger partial charge in [0.25, 0.3) is 5.69 Å². The lowest BCUT2D eigenvalue weighted by Gasteiger charge is -2.46. The second-order valence-corrected chi connectivity index (χ2v) is 14.7. The molecule has 236 valence electrons. The number of methoxy groups -OCH3 is 1. The normalized spacial score (nSPS) is 22.0. The van der Waals surface area contributed by atoms with Gasteiger partial charge in [0.1, 0.15) is 5.75 Å². The van der Waals surface area contributed by atoms with Crippen molar-refractivity contribution >= 4 is 21.6 Å². The average molecular weight is 617 g/mol. The van der Waals surface area contributed by atoms with Crippen molar-refractivity contribution < 1.29 is 28.0 Å². The Morgan fingerprint density at radius 3 is 2.47 bits per heavy atom. The number of carbonyl (C=O) groups excluding carboxylic acids is 1. The minimum atomic E-state index is -4.12. The molecule has 2 aromatic carbocycles. The molecule has 1 heterocycles. The molecular formula is C31H44N4O7S. The zero-order valence-corrected chi connectivity index (χ0v) is 26.3. The number of piperidine rings is 1. The lowest BCUT2D eigenvalue weighted by atomic mass is 9.72. The third-order valence-corrected chi connectivity index (χ3v) is 10.2. The van der Waals surface area contributed by atoms with Crippen molar-refractivity contribution in [2.24, 2.45) is 11.8 Å². The van der Waals surface area contributed by atoms with E-state index in [4.69, 9.17) is 4.74 Å². The van der Waals surface area contributed by atoms with Gasteiger partial charge in [-0.3, -0.25) is 19.8 Å². The van der Waals surface area contributed by atoms with Crippen LogP contribution in [0.5, 0.6) is 5.75 Å². The van der Waals surface area contributed by atoms with Crippen LogP contribution in [0.25, 0.3) is 0 Å². The second kappa shape index (κ2) is 13.7. The van der Waals surface area contributed by atoms with Gasteiger partial charge in [-0.05, 0) is 75.3 Å². The lowest BCUT2D eigenvalue weighted by Crippen LogP contribution is -2.59. The first-order chi connectivity index (χ1) is 20.3. The largest absolute Gasteiger partial charge is 0.497 e. The smallest absolute Gasteiger partial charge is 0.269 e. The molecule has 2 N–H and O–H groups in total. The number of nitro benzene ring substituents is 1. The topological polar surface area (TPSA) is 142 Å². The maximum atomic E-state index is 13.9. The summed E-state index contributed by atoms with van der Waals surface area (Å²) >= 11 is 0. The molecule has 1 amide bonds. The molecule has 4 atom stereocenters. The molecule has 2 aliphatic rings. The summed E-state index contributed by atoms with van der Waals surface area (Å²) in [7, 11) is -2.63. The number of aliphatic hydroxyl groups excluding tert-OH is 1. The van der Waals surface area contributed by atoms with Gasteiger partial charge in [0.05, 0.1) is 29.1 Å². The summed E-state index contributed by atoms with van der Waals surface area (Å²) in [5.41, 5.74) is -0.140. The number of amides is 1. The first-order valence-electron chi connectivity index (χ1n) is 14.9. The zero-order valence-electron chi connectivity index (χ0n) is 25.4. The van der Waals surface area contributed by atoms with E-state index in [9.17, 15) is 28.4 Å². The average Bonchev–Trinajstić information content (AvgIpc) is 2.95. The molecule has 4 rings (SSSR count). The van der Waals surface area contributed by atoms with Crippen LogP contribution in [0, 0.1) is 22.0 Å². The minimum absolute atomic E-state index is 0.0105. The quantitative estimate of drug-likeness (QED) is 0.286. The van der Waals surface area contributed by atoms with E-state index in [1.54, 1.807) is 18.2 Å². The fraction of sp³-hybridized carbons (Fsp3) is 0.581. The molecule has 0 bridgehead atoms. The number of sulfonamides is 1. The summed E-state index contributed by atoms with van der Waals surface area (Å²) in [6.45, 7) is 6.17. The molecule has 12 heteroatoms. The van der Waals surface area contributed by atoms with Gasteiger partial charge in [0.15, 0.2) is 0 Å². The standard InChI is InChI=1S/C31H44N4O7S/c1-31(2,3)32-30(37)29-17-23-9-5-6-10-24(23)19-33(29)20-26(36)21-34(18-22-8-7-11-25(16-22)35(38)39)43(40,41)28-14-12-27(42-4)13-15-28/h7-8,11-16,23-24,26,29,36H,5-6,9-10,17-21H2,1-4H3,(H,32,37)/t23-,24+,26+,29-/m0/s1. The van der Waals surface area contributed by atoms with Crippen LogP contribution in [-0.4, -0.2) is 78.0 Å². The molecule has 2 aromatic rings. The fourth-order valence-electron chi connectivity index (χ4n) is 6.31. The number of carbonyl (C=O) groups is 1. The van der Waals surface area contributed by atoms with Crippen LogP contribution in [0.4, 0.5) is 5.69 Å². The Bertz CT molecular complexity index is 1380. The van der Waals surface area contributed by atoms with E-state index in [0.717, 1.165) is 30.0 Å². The number of benzene rings is 2. The Balaban J connectivity index is 1.59. The monoisotopic (exact) mass is 616 g/mol. The number of hydrogen-bond acceptors (Lipinski definition) is 8. The molecule has 1 saturated carbocycles. The van der Waals surface area contributed by atoms with E-state index >= 15 is 0 Å². The number of ether oxygens (including phenoxy) is 1. The molecule has 0 aromatic heterocycles. The molecule has 0 unspecified atom stereocenters. The van der Waals surface area contributed by atoms with Crippen molar-refractivity contribution in [2.45, 2.75) is 82.0 Å². The number of aliphatic hydroxyl groups is 1. The van der Waals surface area contributed by atoms with E-state index in [1.807, 2.05) is 25.7 Å². The second-order valence-electron chi connectivity index (χ2n) is 12.8. The summed E-state index contributed by atoms with van der Waals surface area (Å²) in [4.78, 5) is 26.3. The van der Waals surface area contributed by atoms with Crippen LogP contribution >= 0.6 is 0 Å².